The van der Waals surface area contributed by atoms with Gasteiger partial charge in [-0.3, -0.25) is 9.59 Å². The smallest absolute Gasteiger partial charge is 0.271 e. The van der Waals surface area contributed by atoms with E-state index in [1.165, 1.54) is 0 Å². The van der Waals surface area contributed by atoms with E-state index < -0.39 is 16.6 Å². The number of rotatable bonds is 9. The van der Waals surface area contributed by atoms with Crippen LogP contribution in [0, 0.1) is 0 Å². The average molecular weight is 451 g/mol. The maximum Gasteiger partial charge on any atom is 0.271 e. The van der Waals surface area contributed by atoms with Gasteiger partial charge in [0.05, 0.1) is 13.7 Å². The lowest BCUT2D eigenvalue weighted by atomic mass is 10.1. The number of aromatic hydroxyl groups is 1. The summed E-state index contributed by atoms with van der Waals surface area (Å²) in [5.41, 5.74) is 1.75. The first-order valence-corrected chi connectivity index (χ1v) is 10.8. The van der Waals surface area contributed by atoms with Crippen LogP contribution in [0.25, 0.3) is 0 Å². The number of benzene rings is 2. The summed E-state index contributed by atoms with van der Waals surface area (Å²) >= 11 is 1.61. The fraction of sp³-hybridized carbons (Fsp3) is 0.167. The summed E-state index contributed by atoms with van der Waals surface area (Å²) in [7, 11) is 3.30. The zero-order valence-corrected chi connectivity index (χ0v) is 18.4. The van der Waals surface area contributed by atoms with Crippen molar-refractivity contribution in [1.82, 2.24) is 0 Å². The molecule has 0 saturated carbocycles. The molecule has 32 heavy (non-hydrogen) atoms. The van der Waals surface area contributed by atoms with E-state index in [1.54, 1.807) is 31.6 Å². The van der Waals surface area contributed by atoms with Gasteiger partial charge in [0.25, 0.3) is 10.9 Å². The molecular formula is C24H22N2O5S. The van der Waals surface area contributed by atoms with E-state index in [9.17, 15) is 14.7 Å². The number of anilines is 4. The van der Waals surface area contributed by atoms with E-state index in [0.717, 1.165) is 22.7 Å². The zero-order chi connectivity index (χ0) is 22.7. The number of hydrogen-bond donors (Lipinski definition) is 2. The molecule has 7 nitrogen and oxygen atoms in total. The van der Waals surface area contributed by atoms with Gasteiger partial charge in [-0.15, -0.1) is 0 Å². The van der Waals surface area contributed by atoms with E-state index >= 15 is 0 Å². The van der Waals surface area contributed by atoms with Gasteiger partial charge in [0, 0.05) is 24.2 Å². The SMILES string of the molecule is COc1ccc(N(CC(OC)c2ccsc2)c2cccc(Nc3c(O)c(=O)c3=O)c2)cc1. The number of nitrogens with one attached hydrogen (secondary N) is 1. The first-order chi connectivity index (χ1) is 15.5. The monoisotopic (exact) mass is 450 g/mol. The van der Waals surface area contributed by atoms with Crippen molar-refractivity contribution in [3.63, 3.8) is 0 Å². The van der Waals surface area contributed by atoms with Crippen molar-refractivity contribution in [3.8, 4) is 11.5 Å². The lowest BCUT2D eigenvalue weighted by Gasteiger charge is -2.29. The first kappa shape index (κ1) is 21.6. The molecule has 164 valence electrons. The highest BCUT2D eigenvalue weighted by molar-refractivity contribution is 7.07. The highest BCUT2D eigenvalue weighted by atomic mass is 32.1. The van der Waals surface area contributed by atoms with Crippen LogP contribution in [0.5, 0.6) is 11.5 Å². The second kappa shape index (κ2) is 9.25. The minimum atomic E-state index is -0.873. The molecule has 0 aliphatic rings. The third kappa shape index (κ3) is 4.23. The standard InChI is InChI=1S/C24H22N2O5S/c1-30-19-8-6-17(7-9-19)26(13-20(31-2)15-10-11-32-14-15)18-5-3-4-16(12-18)25-21-22(27)24(29)23(21)28/h3-12,14,20,25,27H,13H2,1-2H3. The average Bonchev–Trinajstić information content (AvgIpc) is 3.37. The molecule has 8 heteroatoms. The molecule has 0 aliphatic carbocycles. The van der Waals surface area contributed by atoms with Crippen molar-refractivity contribution < 1.29 is 14.6 Å². The number of hydrogen-bond acceptors (Lipinski definition) is 8. The van der Waals surface area contributed by atoms with Crippen molar-refractivity contribution in [3.05, 3.63) is 91.4 Å². The van der Waals surface area contributed by atoms with Gasteiger partial charge >= 0.3 is 0 Å². The van der Waals surface area contributed by atoms with Crippen molar-refractivity contribution in [2.75, 3.05) is 31.0 Å². The Kier molecular flexibility index (Phi) is 6.25. The Morgan fingerprint density at radius 3 is 2.44 bits per heavy atom. The van der Waals surface area contributed by atoms with Gasteiger partial charge < -0.3 is 24.8 Å². The van der Waals surface area contributed by atoms with Crippen LogP contribution in [-0.4, -0.2) is 25.9 Å². The predicted molar refractivity (Wildman–Crippen MR) is 127 cm³/mol. The van der Waals surface area contributed by atoms with Gasteiger partial charge in [0.2, 0.25) is 0 Å². The van der Waals surface area contributed by atoms with E-state index in [2.05, 4.69) is 15.6 Å². The van der Waals surface area contributed by atoms with Gasteiger partial charge in [0.1, 0.15) is 17.5 Å². The summed E-state index contributed by atoms with van der Waals surface area (Å²) in [5, 5.41) is 16.6. The Morgan fingerprint density at radius 2 is 1.81 bits per heavy atom. The van der Waals surface area contributed by atoms with Gasteiger partial charge in [-0.1, -0.05) is 6.07 Å². The fourth-order valence-corrected chi connectivity index (χ4v) is 4.16. The molecule has 1 atom stereocenters. The highest BCUT2D eigenvalue weighted by Crippen LogP contribution is 2.33. The van der Waals surface area contributed by atoms with Gasteiger partial charge in [0.15, 0.2) is 5.75 Å². The molecule has 4 aromatic rings. The quantitative estimate of drug-likeness (QED) is 0.367. The van der Waals surface area contributed by atoms with Crippen LogP contribution in [0.15, 0.2) is 74.9 Å². The molecule has 0 fully saturated rings. The van der Waals surface area contributed by atoms with Crippen LogP contribution in [0.2, 0.25) is 0 Å². The molecule has 0 saturated heterocycles. The Labute approximate surface area is 188 Å². The van der Waals surface area contributed by atoms with E-state index in [4.69, 9.17) is 9.47 Å². The lowest BCUT2D eigenvalue weighted by molar-refractivity contribution is 0.111. The first-order valence-electron chi connectivity index (χ1n) is 9.87. The van der Waals surface area contributed by atoms with Crippen LogP contribution in [0.1, 0.15) is 11.7 Å². The van der Waals surface area contributed by atoms with E-state index in [-0.39, 0.29) is 11.8 Å². The van der Waals surface area contributed by atoms with E-state index in [1.807, 2.05) is 53.9 Å². The van der Waals surface area contributed by atoms with Crippen molar-refractivity contribution >= 4 is 34.1 Å². The minimum absolute atomic E-state index is 0.0869. The van der Waals surface area contributed by atoms with Crippen molar-refractivity contribution in [2.45, 2.75) is 6.10 Å². The van der Waals surface area contributed by atoms with Crippen molar-refractivity contribution in [2.24, 2.45) is 0 Å². The number of nitrogens with zero attached hydrogens (tertiary/aromatic N) is 1. The molecule has 3 aromatic carbocycles. The maximum atomic E-state index is 11.7. The minimum Gasteiger partial charge on any atom is -0.502 e. The second-order valence-corrected chi connectivity index (χ2v) is 7.93. The van der Waals surface area contributed by atoms with Crippen molar-refractivity contribution in [1.29, 1.82) is 0 Å². The molecule has 0 aliphatic heterocycles. The summed E-state index contributed by atoms with van der Waals surface area (Å²) < 4.78 is 11.1. The summed E-state index contributed by atoms with van der Waals surface area (Å²) in [6, 6.07) is 17.1. The van der Waals surface area contributed by atoms with Gasteiger partial charge in [-0.2, -0.15) is 11.3 Å². The second-order valence-electron chi connectivity index (χ2n) is 7.15. The molecular weight excluding hydrogens is 428 g/mol. The van der Waals surface area contributed by atoms with Gasteiger partial charge in [-0.25, -0.2) is 0 Å². The highest BCUT2D eigenvalue weighted by Gasteiger charge is 2.22. The van der Waals surface area contributed by atoms with Crippen LogP contribution < -0.4 is 25.8 Å². The molecule has 2 N–H and O–H groups in total. The zero-order valence-electron chi connectivity index (χ0n) is 17.6. The molecule has 4 rings (SSSR count). The fourth-order valence-electron chi connectivity index (χ4n) is 3.45. The normalized spacial score (nSPS) is 11.9. The Bertz CT molecular complexity index is 1260. The third-order valence-electron chi connectivity index (χ3n) is 5.24. The summed E-state index contributed by atoms with van der Waals surface area (Å²) in [6.07, 6.45) is -0.169. The maximum absolute atomic E-state index is 11.7. The molecule has 0 amide bonds. The summed E-state index contributed by atoms with van der Waals surface area (Å²) in [4.78, 5) is 25.1. The Hall–Kier alpha value is -3.62. The molecule has 0 bridgehead atoms. The number of thiophene rings is 1. The molecule has 0 radical (unpaired) electrons. The number of ether oxygens (including phenoxy) is 2. The third-order valence-corrected chi connectivity index (χ3v) is 5.95. The Morgan fingerprint density at radius 1 is 1.03 bits per heavy atom. The molecule has 1 aromatic heterocycles. The van der Waals surface area contributed by atoms with Crippen LogP contribution >= 0.6 is 11.3 Å². The van der Waals surface area contributed by atoms with Crippen LogP contribution in [0.3, 0.4) is 0 Å². The summed E-state index contributed by atoms with van der Waals surface area (Å²) in [6.45, 7) is 0.536. The van der Waals surface area contributed by atoms with E-state index in [0.29, 0.717) is 12.2 Å². The summed E-state index contributed by atoms with van der Waals surface area (Å²) in [5.74, 6) is 0.213. The lowest BCUT2D eigenvalue weighted by Crippen LogP contribution is -2.32. The molecule has 1 heterocycles. The van der Waals surface area contributed by atoms with Crippen LogP contribution in [-0.2, 0) is 4.74 Å². The predicted octanol–water partition coefficient (Wildman–Crippen LogP) is 4.33. The number of methoxy groups -OCH3 is 2. The van der Waals surface area contributed by atoms with Gasteiger partial charge in [-0.05, 0) is 64.9 Å². The molecule has 1 unspecified atom stereocenters. The molecule has 0 spiro atoms. The topological polar surface area (TPSA) is 88.1 Å². The van der Waals surface area contributed by atoms with Crippen LogP contribution in [0.4, 0.5) is 22.7 Å². The Balaban J connectivity index is 1.69. The largest absolute Gasteiger partial charge is 0.502 e.